The number of carboxylic acid groups (broad SMARTS) is 1. The zero-order valence-electron chi connectivity index (χ0n) is 12.5. The Morgan fingerprint density at radius 1 is 1.36 bits per heavy atom. The molecule has 3 rings (SSSR count). The Morgan fingerprint density at radius 2 is 2.08 bits per heavy atom. The first-order valence-corrected chi connectivity index (χ1v) is 7.04. The number of ether oxygens (including phenoxy) is 2. The smallest absolute Gasteiger partial charge is 0.335 e. The highest BCUT2D eigenvalue weighted by atomic mass is 16.7. The first-order valence-electron chi connectivity index (χ1n) is 7.04. The van der Waals surface area contributed by atoms with Crippen molar-refractivity contribution in [3.8, 4) is 0 Å². The van der Waals surface area contributed by atoms with E-state index in [0.717, 1.165) is 0 Å². The lowest BCUT2D eigenvalue weighted by atomic mass is 9.99. The number of hydrogen-bond acceptors (Lipinski definition) is 10. The third-order valence-electron chi connectivity index (χ3n) is 3.68. The van der Waals surface area contributed by atoms with Crippen molar-refractivity contribution in [2.24, 2.45) is 0 Å². The highest BCUT2D eigenvalue weighted by Crippen LogP contribution is 2.23. The third kappa shape index (κ3) is 3.06. The molecule has 136 valence electrons. The van der Waals surface area contributed by atoms with Crippen molar-refractivity contribution in [2.75, 3.05) is 5.73 Å². The molecule has 13 nitrogen and oxygen atoms in total. The van der Waals surface area contributed by atoms with Crippen molar-refractivity contribution < 1.29 is 34.7 Å². The van der Waals surface area contributed by atoms with Crippen molar-refractivity contribution >= 4 is 23.1 Å². The molecular weight excluding hydrogens is 342 g/mol. The van der Waals surface area contributed by atoms with Crippen LogP contribution in [0.15, 0.2) is 11.1 Å². The fourth-order valence-electron chi connectivity index (χ4n) is 2.41. The van der Waals surface area contributed by atoms with Gasteiger partial charge in [-0.1, -0.05) is 0 Å². The van der Waals surface area contributed by atoms with Crippen molar-refractivity contribution in [1.29, 1.82) is 0 Å². The number of nitrogens with zero attached hydrogens (tertiary/aromatic N) is 3. The molecule has 1 saturated heterocycles. The lowest BCUT2D eigenvalue weighted by Gasteiger charge is -2.38. The van der Waals surface area contributed by atoms with Gasteiger partial charge in [-0.25, -0.2) is 9.78 Å². The van der Waals surface area contributed by atoms with Gasteiger partial charge >= 0.3 is 5.97 Å². The standard InChI is InChI=1S/C12H15N5O8/c13-12-15-8-3(9(21)16-12)14-1-17(8)2-24-11-6(20)4(18)5(19)7(25-11)10(22)23/h1,4-7,11,18-20H,2H2,(H,22,23)(H3,13,15,16,21)/t4-,5-,6+,7-,11+/m0/s1. The number of aromatic amines is 1. The molecular formula is C12H15N5O8. The highest BCUT2D eigenvalue weighted by Gasteiger charge is 2.47. The Morgan fingerprint density at radius 3 is 2.76 bits per heavy atom. The number of imidazole rings is 1. The monoisotopic (exact) mass is 357 g/mol. The summed E-state index contributed by atoms with van der Waals surface area (Å²) < 4.78 is 11.5. The van der Waals surface area contributed by atoms with Gasteiger partial charge in [0.2, 0.25) is 5.95 Å². The van der Waals surface area contributed by atoms with Crippen LogP contribution in [-0.4, -0.2) is 76.6 Å². The molecule has 0 aromatic carbocycles. The van der Waals surface area contributed by atoms with Crippen LogP contribution in [0.1, 0.15) is 0 Å². The average Bonchev–Trinajstić information content (AvgIpc) is 2.95. The number of hydrogen-bond donors (Lipinski definition) is 6. The van der Waals surface area contributed by atoms with Gasteiger partial charge in [0.25, 0.3) is 5.56 Å². The van der Waals surface area contributed by atoms with E-state index in [9.17, 15) is 24.9 Å². The number of aliphatic carboxylic acids is 1. The van der Waals surface area contributed by atoms with Gasteiger partial charge < -0.3 is 35.6 Å². The molecule has 0 bridgehead atoms. The van der Waals surface area contributed by atoms with Gasteiger partial charge in [-0.2, -0.15) is 4.98 Å². The SMILES string of the molecule is Nc1nc2c(ncn2CO[C@@H]2O[C@H](C(=O)O)[C@@H](O)[C@H](O)[C@H]2O)c(=O)[nH]1. The topological polar surface area (TPSA) is 206 Å². The number of nitrogens with one attached hydrogen (secondary N) is 1. The number of nitrogen functional groups attached to an aromatic ring is 1. The number of carbonyl (C=O) groups is 1. The maximum absolute atomic E-state index is 11.7. The number of aliphatic hydroxyl groups excluding tert-OH is 3. The third-order valence-corrected chi connectivity index (χ3v) is 3.68. The summed E-state index contributed by atoms with van der Waals surface area (Å²) in [6.45, 7) is -0.344. The fourth-order valence-corrected chi connectivity index (χ4v) is 2.41. The largest absolute Gasteiger partial charge is 0.479 e. The average molecular weight is 357 g/mol. The van der Waals surface area contributed by atoms with Crippen LogP contribution in [0.25, 0.3) is 11.2 Å². The van der Waals surface area contributed by atoms with Gasteiger partial charge in [-0.05, 0) is 0 Å². The molecule has 3 heterocycles. The van der Waals surface area contributed by atoms with Gasteiger partial charge in [0.15, 0.2) is 23.6 Å². The van der Waals surface area contributed by atoms with Crippen LogP contribution in [0.2, 0.25) is 0 Å². The minimum Gasteiger partial charge on any atom is -0.479 e. The normalized spacial score (nSPS) is 29.8. The molecule has 25 heavy (non-hydrogen) atoms. The van der Waals surface area contributed by atoms with Gasteiger partial charge in [-0.15, -0.1) is 0 Å². The molecule has 2 aromatic heterocycles. The number of anilines is 1. The van der Waals surface area contributed by atoms with Crippen molar-refractivity contribution in [3.63, 3.8) is 0 Å². The zero-order chi connectivity index (χ0) is 18.3. The molecule has 13 heteroatoms. The van der Waals surface area contributed by atoms with Crippen LogP contribution < -0.4 is 11.3 Å². The lowest BCUT2D eigenvalue weighted by molar-refractivity contribution is -0.301. The minimum absolute atomic E-state index is 0.00165. The summed E-state index contributed by atoms with van der Waals surface area (Å²) >= 11 is 0. The molecule has 0 spiro atoms. The Kier molecular flexibility index (Phi) is 4.40. The van der Waals surface area contributed by atoms with Gasteiger partial charge in [-0.3, -0.25) is 14.3 Å². The van der Waals surface area contributed by atoms with Crippen LogP contribution in [0.4, 0.5) is 5.95 Å². The van der Waals surface area contributed by atoms with Crippen LogP contribution in [0.5, 0.6) is 0 Å². The van der Waals surface area contributed by atoms with Crippen LogP contribution in [0, 0.1) is 0 Å². The van der Waals surface area contributed by atoms with Gasteiger partial charge in [0.1, 0.15) is 25.0 Å². The lowest BCUT2D eigenvalue weighted by Crippen LogP contribution is -2.60. The van der Waals surface area contributed by atoms with E-state index in [2.05, 4.69) is 15.0 Å². The van der Waals surface area contributed by atoms with E-state index in [-0.39, 0.29) is 23.8 Å². The zero-order valence-corrected chi connectivity index (χ0v) is 12.5. The van der Waals surface area contributed by atoms with E-state index in [1.54, 1.807) is 0 Å². The number of carboxylic acids is 1. The summed E-state index contributed by atoms with van der Waals surface area (Å²) in [5.74, 6) is -1.67. The summed E-state index contributed by atoms with van der Waals surface area (Å²) in [6, 6.07) is 0. The van der Waals surface area contributed by atoms with Gasteiger partial charge in [0, 0.05) is 0 Å². The number of nitrogens with two attached hydrogens (primary N) is 1. The maximum Gasteiger partial charge on any atom is 0.335 e. The number of aliphatic hydroxyl groups is 3. The van der Waals surface area contributed by atoms with E-state index < -0.39 is 42.2 Å². The fraction of sp³-hybridized carbons (Fsp3) is 0.500. The summed E-state index contributed by atoms with van der Waals surface area (Å²) in [7, 11) is 0. The van der Waals surface area contributed by atoms with Crippen molar-refractivity contribution in [1.82, 2.24) is 19.5 Å². The summed E-state index contributed by atoms with van der Waals surface area (Å²) in [5, 5.41) is 38.2. The summed E-state index contributed by atoms with van der Waals surface area (Å²) in [4.78, 5) is 32.7. The molecule has 1 fully saturated rings. The van der Waals surface area contributed by atoms with Gasteiger partial charge in [0.05, 0.1) is 6.33 Å². The summed E-state index contributed by atoms with van der Waals surface area (Å²) in [6.07, 6.45) is -7.39. The quantitative estimate of drug-likeness (QED) is 0.317. The number of rotatable bonds is 4. The second kappa shape index (κ2) is 6.38. The summed E-state index contributed by atoms with van der Waals surface area (Å²) in [5.41, 5.74) is 5.00. The molecule has 0 unspecified atom stereocenters. The van der Waals surface area contributed by atoms with Crippen LogP contribution >= 0.6 is 0 Å². The molecule has 1 aliphatic rings. The molecule has 5 atom stereocenters. The van der Waals surface area contributed by atoms with E-state index >= 15 is 0 Å². The predicted octanol–water partition coefficient (Wildman–Crippen LogP) is -3.43. The highest BCUT2D eigenvalue weighted by molar-refractivity contribution is 5.73. The molecule has 2 aromatic rings. The van der Waals surface area contributed by atoms with Crippen molar-refractivity contribution in [2.45, 2.75) is 37.4 Å². The molecule has 1 aliphatic heterocycles. The number of fused-ring (bicyclic) bond motifs is 1. The maximum atomic E-state index is 11.7. The molecule has 0 aliphatic carbocycles. The van der Waals surface area contributed by atoms with E-state index in [1.165, 1.54) is 10.9 Å². The minimum atomic E-state index is -1.82. The second-order valence-corrected chi connectivity index (χ2v) is 5.37. The van der Waals surface area contributed by atoms with E-state index in [0.29, 0.717) is 0 Å². The van der Waals surface area contributed by atoms with Crippen LogP contribution in [0.3, 0.4) is 0 Å². The van der Waals surface area contributed by atoms with Crippen LogP contribution in [-0.2, 0) is 21.0 Å². The number of H-pyrrole nitrogens is 1. The Labute approximate surface area is 138 Å². The first kappa shape index (κ1) is 17.2. The van der Waals surface area contributed by atoms with Crippen molar-refractivity contribution in [3.05, 3.63) is 16.7 Å². The first-order chi connectivity index (χ1) is 11.8. The molecule has 0 amide bonds. The Bertz CT molecular complexity index is 850. The predicted molar refractivity (Wildman–Crippen MR) is 78.0 cm³/mol. The Balaban J connectivity index is 1.79. The Hall–Kier alpha value is -2.58. The molecule has 7 N–H and O–H groups in total. The molecule has 0 radical (unpaired) electrons. The van der Waals surface area contributed by atoms with E-state index in [4.69, 9.17) is 20.3 Å². The number of aromatic nitrogens is 4. The second-order valence-electron chi connectivity index (χ2n) is 5.37. The molecule has 0 saturated carbocycles. The van der Waals surface area contributed by atoms with E-state index in [1.807, 2.05) is 0 Å².